The fourth-order valence-electron chi connectivity index (χ4n) is 1.35. The van der Waals surface area contributed by atoms with E-state index in [0.29, 0.717) is 6.54 Å². The van der Waals surface area contributed by atoms with Crippen LogP contribution in [0.15, 0.2) is 41.3 Å². The van der Waals surface area contributed by atoms with Crippen molar-refractivity contribution in [1.29, 1.82) is 0 Å². The number of halogens is 1. The van der Waals surface area contributed by atoms with Gasteiger partial charge in [0, 0.05) is 6.54 Å². The predicted octanol–water partition coefficient (Wildman–Crippen LogP) is 1.65. The summed E-state index contributed by atoms with van der Waals surface area (Å²) in [4.78, 5) is 14.5. The van der Waals surface area contributed by atoms with Crippen LogP contribution < -0.4 is 5.56 Å². The third-order valence-electron chi connectivity index (χ3n) is 2.12. The summed E-state index contributed by atoms with van der Waals surface area (Å²) in [6.07, 6.45) is 1.28. The van der Waals surface area contributed by atoms with E-state index in [-0.39, 0.29) is 5.28 Å². The first-order valence-corrected chi connectivity index (χ1v) is 5.04. The predicted molar refractivity (Wildman–Crippen MR) is 60.7 cm³/mol. The maximum absolute atomic E-state index is 11.0. The van der Waals surface area contributed by atoms with Crippen molar-refractivity contribution in [2.75, 3.05) is 0 Å². The maximum atomic E-state index is 11.0. The molecule has 0 spiro atoms. The van der Waals surface area contributed by atoms with Crippen molar-refractivity contribution < 1.29 is 5.11 Å². The standard InChI is InChI=1S/C11H9ClN2O2/c12-11-13-10(16)9(15)7-14(11)6-8-4-2-1-3-5-8/h1-5,7,15H,6H2. The molecule has 2 aromatic rings. The second-order valence-electron chi connectivity index (χ2n) is 3.31. The lowest BCUT2D eigenvalue weighted by Crippen LogP contribution is -2.12. The second-order valence-corrected chi connectivity index (χ2v) is 3.65. The molecule has 1 N–H and O–H groups in total. The molecular formula is C11H9ClN2O2. The average Bonchev–Trinajstić information content (AvgIpc) is 2.27. The fraction of sp³-hybridized carbons (Fsp3) is 0.0909. The molecular weight excluding hydrogens is 228 g/mol. The van der Waals surface area contributed by atoms with E-state index in [2.05, 4.69) is 4.98 Å². The summed E-state index contributed by atoms with van der Waals surface area (Å²) in [5, 5.41) is 9.31. The molecule has 5 heteroatoms. The van der Waals surface area contributed by atoms with E-state index in [1.807, 2.05) is 30.3 Å². The summed E-state index contributed by atoms with van der Waals surface area (Å²) in [5.41, 5.74) is 0.295. The van der Waals surface area contributed by atoms with Gasteiger partial charge in [0.1, 0.15) is 0 Å². The minimum atomic E-state index is -0.714. The number of hydrogen-bond acceptors (Lipinski definition) is 3. The van der Waals surface area contributed by atoms with Gasteiger partial charge in [-0.05, 0) is 17.2 Å². The van der Waals surface area contributed by atoms with E-state index in [1.54, 1.807) is 0 Å². The fourth-order valence-corrected chi connectivity index (χ4v) is 1.54. The van der Waals surface area contributed by atoms with Gasteiger partial charge in [-0.25, -0.2) is 0 Å². The molecule has 1 aromatic heterocycles. The van der Waals surface area contributed by atoms with Gasteiger partial charge in [0.05, 0.1) is 6.20 Å². The van der Waals surface area contributed by atoms with Gasteiger partial charge in [0.2, 0.25) is 5.28 Å². The van der Waals surface area contributed by atoms with Crippen LogP contribution in [0.4, 0.5) is 0 Å². The molecule has 0 bridgehead atoms. The van der Waals surface area contributed by atoms with Crippen LogP contribution in [0.1, 0.15) is 5.56 Å². The molecule has 0 aliphatic rings. The topological polar surface area (TPSA) is 55.1 Å². The highest BCUT2D eigenvalue weighted by molar-refractivity contribution is 6.28. The van der Waals surface area contributed by atoms with Crippen LogP contribution in [-0.2, 0) is 6.54 Å². The van der Waals surface area contributed by atoms with E-state index in [0.717, 1.165) is 5.56 Å². The maximum Gasteiger partial charge on any atom is 0.316 e. The van der Waals surface area contributed by atoms with E-state index in [1.165, 1.54) is 10.8 Å². The zero-order valence-electron chi connectivity index (χ0n) is 8.30. The van der Waals surface area contributed by atoms with Crippen molar-refractivity contribution in [3.05, 3.63) is 57.7 Å². The minimum absolute atomic E-state index is 0.0617. The zero-order valence-corrected chi connectivity index (χ0v) is 9.05. The SMILES string of the molecule is O=c1nc(Cl)n(Cc2ccccc2)cc1O. The molecule has 0 radical (unpaired) electrons. The van der Waals surface area contributed by atoms with E-state index in [9.17, 15) is 9.90 Å². The van der Waals surface area contributed by atoms with Gasteiger partial charge in [-0.15, -0.1) is 0 Å². The summed E-state index contributed by atoms with van der Waals surface area (Å²) in [6.45, 7) is 0.459. The van der Waals surface area contributed by atoms with Crippen molar-refractivity contribution in [3.63, 3.8) is 0 Å². The van der Waals surface area contributed by atoms with Crippen LogP contribution in [-0.4, -0.2) is 14.7 Å². The number of aromatic hydroxyl groups is 1. The summed E-state index contributed by atoms with van der Waals surface area (Å²) < 4.78 is 1.51. The monoisotopic (exact) mass is 236 g/mol. The molecule has 4 nitrogen and oxygen atoms in total. The first-order chi connectivity index (χ1) is 7.66. The Morgan fingerprint density at radius 2 is 2.00 bits per heavy atom. The number of aromatic nitrogens is 2. The Balaban J connectivity index is 2.36. The van der Waals surface area contributed by atoms with Crippen molar-refractivity contribution in [3.8, 4) is 5.75 Å². The number of hydrogen-bond donors (Lipinski definition) is 1. The van der Waals surface area contributed by atoms with E-state index < -0.39 is 11.3 Å². The molecule has 0 atom stereocenters. The van der Waals surface area contributed by atoms with Crippen LogP contribution in [0.2, 0.25) is 5.28 Å². The quantitative estimate of drug-likeness (QED) is 0.807. The molecule has 1 heterocycles. The molecule has 0 aliphatic carbocycles. The molecule has 16 heavy (non-hydrogen) atoms. The Hall–Kier alpha value is -1.81. The molecule has 0 fully saturated rings. The van der Waals surface area contributed by atoms with Gasteiger partial charge in [-0.3, -0.25) is 4.79 Å². The number of rotatable bonds is 2. The Labute approximate surface area is 96.8 Å². The molecule has 82 valence electrons. The number of benzene rings is 1. The van der Waals surface area contributed by atoms with Crippen LogP contribution >= 0.6 is 11.6 Å². The second kappa shape index (κ2) is 4.37. The molecule has 0 aliphatic heterocycles. The Morgan fingerprint density at radius 1 is 1.31 bits per heavy atom. The van der Waals surface area contributed by atoms with E-state index in [4.69, 9.17) is 11.6 Å². The Kier molecular flexibility index (Phi) is 2.92. The van der Waals surface area contributed by atoms with Gasteiger partial charge in [0.25, 0.3) is 0 Å². The zero-order chi connectivity index (χ0) is 11.5. The summed E-state index contributed by atoms with van der Waals surface area (Å²) in [6, 6.07) is 9.56. The van der Waals surface area contributed by atoms with Gasteiger partial charge in [-0.1, -0.05) is 30.3 Å². The molecule has 2 rings (SSSR count). The van der Waals surface area contributed by atoms with Crippen LogP contribution in [0.25, 0.3) is 0 Å². The van der Waals surface area contributed by atoms with Crippen molar-refractivity contribution >= 4 is 11.6 Å². The van der Waals surface area contributed by atoms with Crippen LogP contribution in [0.5, 0.6) is 5.75 Å². The van der Waals surface area contributed by atoms with Gasteiger partial charge >= 0.3 is 5.56 Å². The van der Waals surface area contributed by atoms with Crippen LogP contribution in [0.3, 0.4) is 0 Å². The lowest BCUT2D eigenvalue weighted by molar-refractivity contribution is 0.456. The van der Waals surface area contributed by atoms with E-state index >= 15 is 0 Å². The first kappa shape index (κ1) is 10.7. The van der Waals surface area contributed by atoms with Gasteiger partial charge in [-0.2, -0.15) is 4.98 Å². The molecule has 0 amide bonds. The highest BCUT2D eigenvalue weighted by Crippen LogP contribution is 2.10. The van der Waals surface area contributed by atoms with Crippen molar-refractivity contribution in [1.82, 2.24) is 9.55 Å². The average molecular weight is 237 g/mol. The van der Waals surface area contributed by atoms with Crippen molar-refractivity contribution in [2.45, 2.75) is 6.54 Å². The number of nitrogens with zero attached hydrogens (tertiary/aromatic N) is 2. The highest BCUT2D eigenvalue weighted by Gasteiger charge is 2.05. The smallest absolute Gasteiger partial charge is 0.316 e. The molecule has 0 unspecified atom stereocenters. The Morgan fingerprint density at radius 3 is 2.69 bits per heavy atom. The normalized spacial score (nSPS) is 10.3. The molecule has 1 aromatic carbocycles. The summed E-state index contributed by atoms with van der Waals surface area (Å²) in [5.74, 6) is -0.402. The summed E-state index contributed by atoms with van der Waals surface area (Å²) in [7, 11) is 0. The first-order valence-electron chi connectivity index (χ1n) is 4.66. The Bertz CT molecular complexity index is 552. The largest absolute Gasteiger partial charge is 0.502 e. The summed E-state index contributed by atoms with van der Waals surface area (Å²) >= 11 is 5.79. The third kappa shape index (κ3) is 2.23. The molecule has 0 saturated carbocycles. The van der Waals surface area contributed by atoms with Gasteiger partial charge in [0.15, 0.2) is 5.75 Å². The lowest BCUT2D eigenvalue weighted by Gasteiger charge is -2.08. The van der Waals surface area contributed by atoms with Crippen LogP contribution in [0, 0.1) is 0 Å². The minimum Gasteiger partial charge on any atom is -0.502 e. The highest BCUT2D eigenvalue weighted by atomic mass is 35.5. The van der Waals surface area contributed by atoms with Gasteiger partial charge < -0.3 is 9.67 Å². The lowest BCUT2D eigenvalue weighted by atomic mass is 10.2. The molecule has 0 saturated heterocycles. The third-order valence-corrected chi connectivity index (χ3v) is 2.43. The van der Waals surface area contributed by atoms with Crippen molar-refractivity contribution in [2.24, 2.45) is 0 Å².